The van der Waals surface area contributed by atoms with E-state index in [2.05, 4.69) is 16.0 Å². The second kappa shape index (κ2) is 11.6. The Morgan fingerprint density at radius 2 is 2.10 bits per heavy atom. The highest BCUT2D eigenvalue weighted by Gasteiger charge is 2.31. The number of nitrogens with zero attached hydrogens (tertiary/aromatic N) is 1. The Balaban J connectivity index is 2.69. The van der Waals surface area contributed by atoms with Crippen LogP contribution < -0.4 is 20.7 Å². The van der Waals surface area contributed by atoms with E-state index in [0.717, 1.165) is 6.07 Å². The van der Waals surface area contributed by atoms with E-state index in [4.69, 9.17) is 20.1 Å². The Bertz CT molecular complexity index is 763. The van der Waals surface area contributed by atoms with Crippen LogP contribution in [0.25, 0.3) is 0 Å². The zero-order valence-corrected chi connectivity index (χ0v) is 16.7. The Morgan fingerprint density at radius 1 is 1.38 bits per heavy atom. The van der Waals surface area contributed by atoms with Gasteiger partial charge in [-0.25, -0.2) is 4.39 Å². The number of hydrogen-bond acceptors (Lipinski definition) is 6. The highest BCUT2D eigenvalue weighted by atomic mass is 19.1. The number of carbonyl (C=O) groups excluding carboxylic acids is 2. The van der Waals surface area contributed by atoms with Crippen LogP contribution in [0.2, 0.25) is 0 Å². The number of amides is 1. The fourth-order valence-electron chi connectivity index (χ4n) is 2.17. The third kappa shape index (κ3) is 8.57. The van der Waals surface area contributed by atoms with E-state index in [1.165, 1.54) is 25.3 Å². The summed E-state index contributed by atoms with van der Waals surface area (Å²) in [6, 6.07) is 4.55. The number of Topliss-reactive ketones (excluding diaryl/α,β-unsaturated/α-hetero) is 1. The van der Waals surface area contributed by atoms with Gasteiger partial charge in [0.25, 0.3) is 5.91 Å². The number of ketones is 1. The smallest absolute Gasteiger partial charge is 0.252 e. The van der Waals surface area contributed by atoms with Gasteiger partial charge in [-0.05, 0) is 38.8 Å². The number of carbonyl (C=O) groups is 2. The quantitative estimate of drug-likeness (QED) is 0.142. The molecule has 158 valence electrons. The maximum atomic E-state index is 13.2. The summed E-state index contributed by atoms with van der Waals surface area (Å²) < 4.78 is 23.7. The highest BCUT2D eigenvalue weighted by Crippen LogP contribution is 2.13. The second-order valence-electron chi connectivity index (χ2n) is 6.63. The molecule has 1 rings (SSSR count). The van der Waals surface area contributed by atoms with E-state index in [9.17, 15) is 14.0 Å². The molecule has 10 heteroatoms. The lowest BCUT2D eigenvalue weighted by atomic mass is 10.0. The average Bonchev–Trinajstić information content (AvgIpc) is 2.68. The molecule has 1 amide bonds. The molecule has 4 N–H and O–H groups in total. The summed E-state index contributed by atoms with van der Waals surface area (Å²) in [5.74, 6) is -1.29. The van der Waals surface area contributed by atoms with Gasteiger partial charge in [-0.15, -0.1) is 0 Å². The standard InChI is InChI=1S/C19H26FN5O4/c1-19(2,28-3)17(27)25-15(8-5-9-23-18(22)24-12-21)16(26)11-29-14-7-4-6-13(20)10-14/h4,6-7,10,15H,5,8-9,11H2,1-3H3,(H,25,27)(H3,22,23,24)/t15-/m0/s1. The first-order valence-electron chi connectivity index (χ1n) is 8.94. The Hall–Kier alpha value is -3.19. The summed E-state index contributed by atoms with van der Waals surface area (Å²) in [5, 5.41) is 23.3. The van der Waals surface area contributed by atoms with Gasteiger partial charge < -0.3 is 20.1 Å². The van der Waals surface area contributed by atoms with Crippen LogP contribution in [0.3, 0.4) is 0 Å². The van der Waals surface area contributed by atoms with Gasteiger partial charge in [0, 0.05) is 19.7 Å². The largest absolute Gasteiger partial charge is 0.486 e. The molecular formula is C19H26FN5O4. The Labute approximate surface area is 169 Å². The lowest BCUT2D eigenvalue weighted by Crippen LogP contribution is -2.51. The summed E-state index contributed by atoms with van der Waals surface area (Å²) in [5.41, 5.74) is -1.13. The molecule has 1 aromatic carbocycles. The van der Waals surface area contributed by atoms with Crippen molar-refractivity contribution in [2.75, 3.05) is 20.3 Å². The number of hydrogen-bond donors (Lipinski definition) is 4. The Morgan fingerprint density at radius 3 is 2.72 bits per heavy atom. The predicted octanol–water partition coefficient (Wildman–Crippen LogP) is 1.06. The SMILES string of the molecule is COC(C)(C)C(=O)N[C@@H](CCCNC(=N)NC#N)C(=O)COc1cccc(F)c1. The molecule has 0 aliphatic carbocycles. The van der Waals surface area contributed by atoms with Crippen molar-refractivity contribution in [2.45, 2.75) is 38.3 Å². The van der Waals surface area contributed by atoms with Crippen molar-refractivity contribution in [3.63, 3.8) is 0 Å². The molecule has 9 nitrogen and oxygen atoms in total. The molecule has 0 unspecified atom stereocenters. The molecule has 0 aliphatic rings. The van der Waals surface area contributed by atoms with Gasteiger partial charge in [0.2, 0.25) is 5.96 Å². The molecule has 0 bridgehead atoms. The lowest BCUT2D eigenvalue weighted by Gasteiger charge is -2.26. The van der Waals surface area contributed by atoms with E-state index < -0.39 is 23.4 Å². The fourth-order valence-corrected chi connectivity index (χ4v) is 2.17. The van der Waals surface area contributed by atoms with Gasteiger partial charge in [-0.2, -0.15) is 5.26 Å². The minimum atomic E-state index is -1.13. The summed E-state index contributed by atoms with van der Waals surface area (Å²) >= 11 is 0. The number of benzene rings is 1. The first-order valence-corrected chi connectivity index (χ1v) is 8.94. The van der Waals surface area contributed by atoms with Crippen LogP contribution in [0.4, 0.5) is 4.39 Å². The van der Waals surface area contributed by atoms with E-state index in [-0.39, 0.29) is 30.5 Å². The van der Waals surface area contributed by atoms with Crippen molar-refractivity contribution in [1.29, 1.82) is 10.7 Å². The molecule has 0 spiro atoms. The van der Waals surface area contributed by atoms with E-state index in [0.29, 0.717) is 13.0 Å². The molecule has 0 saturated heterocycles. The highest BCUT2D eigenvalue weighted by molar-refractivity contribution is 5.92. The first-order chi connectivity index (χ1) is 13.7. The van der Waals surface area contributed by atoms with Crippen molar-refractivity contribution >= 4 is 17.6 Å². The van der Waals surface area contributed by atoms with Crippen LogP contribution in [-0.4, -0.2) is 49.6 Å². The maximum Gasteiger partial charge on any atom is 0.252 e. The first kappa shape index (κ1) is 23.8. The van der Waals surface area contributed by atoms with Crippen molar-refractivity contribution in [2.24, 2.45) is 0 Å². The van der Waals surface area contributed by atoms with Crippen LogP contribution in [0, 0.1) is 22.7 Å². The molecular weight excluding hydrogens is 381 g/mol. The van der Waals surface area contributed by atoms with Gasteiger partial charge in [0.1, 0.15) is 23.8 Å². The molecule has 0 fully saturated rings. The number of nitrogens with one attached hydrogen (secondary N) is 4. The Kier molecular flexibility index (Phi) is 9.55. The van der Waals surface area contributed by atoms with Crippen LogP contribution in [0.15, 0.2) is 24.3 Å². The van der Waals surface area contributed by atoms with Crippen LogP contribution in [0.5, 0.6) is 5.75 Å². The van der Waals surface area contributed by atoms with Gasteiger partial charge in [0.05, 0.1) is 6.04 Å². The number of rotatable bonds is 11. The molecule has 1 aromatic rings. The number of guanidine groups is 1. The van der Waals surface area contributed by atoms with Crippen LogP contribution in [0.1, 0.15) is 26.7 Å². The van der Waals surface area contributed by atoms with Gasteiger partial charge in [-0.1, -0.05) is 6.07 Å². The summed E-state index contributed by atoms with van der Waals surface area (Å²) in [6.07, 6.45) is 2.31. The predicted molar refractivity (Wildman–Crippen MR) is 104 cm³/mol. The minimum absolute atomic E-state index is 0.158. The molecule has 0 aliphatic heterocycles. The molecule has 0 radical (unpaired) electrons. The summed E-state index contributed by atoms with van der Waals surface area (Å²) in [7, 11) is 1.39. The van der Waals surface area contributed by atoms with Crippen molar-refractivity contribution in [3.05, 3.63) is 30.1 Å². The van der Waals surface area contributed by atoms with Gasteiger partial charge in [-0.3, -0.25) is 20.3 Å². The number of ether oxygens (including phenoxy) is 2. The molecule has 0 saturated carbocycles. The van der Waals surface area contributed by atoms with E-state index in [1.807, 2.05) is 0 Å². The monoisotopic (exact) mass is 407 g/mol. The average molecular weight is 407 g/mol. The summed E-state index contributed by atoms with van der Waals surface area (Å²) in [6.45, 7) is 3.11. The third-order valence-electron chi connectivity index (χ3n) is 4.08. The van der Waals surface area contributed by atoms with Crippen molar-refractivity contribution < 1.29 is 23.5 Å². The fraction of sp³-hybridized carbons (Fsp3) is 0.474. The number of nitriles is 1. The zero-order chi connectivity index (χ0) is 21.9. The van der Waals surface area contributed by atoms with Crippen LogP contribution >= 0.6 is 0 Å². The lowest BCUT2D eigenvalue weighted by molar-refractivity contribution is -0.142. The maximum absolute atomic E-state index is 13.2. The summed E-state index contributed by atoms with van der Waals surface area (Å²) in [4.78, 5) is 25.0. The topological polar surface area (TPSA) is 136 Å². The van der Waals surface area contributed by atoms with E-state index in [1.54, 1.807) is 20.0 Å². The molecule has 1 atom stereocenters. The normalized spacial score (nSPS) is 11.7. The third-order valence-corrected chi connectivity index (χ3v) is 4.08. The molecule has 29 heavy (non-hydrogen) atoms. The number of methoxy groups -OCH3 is 1. The number of halogens is 1. The van der Waals surface area contributed by atoms with Gasteiger partial charge >= 0.3 is 0 Å². The minimum Gasteiger partial charge on any atom is -0.486 e. The van der Waals surface area contributed by atoms with Gasteiger partial charge in [0.15, 0.2) is 12.0 Å². The second-order valence-corrected chi connectivity index (χ2v) is 6.63. The zero-order valence-electron chi connectivity index (χ0n) is 16.7. The van der Waals surface area contributed by atoms with E-state index >= 15 is 0 Å². The molecule has 0 aromatic heterocycles. The van der Waals surface area contributed by atoms with Crippen molar-refractivity contribution in [1.82, 2.24) is 16.0 Å². The van der Waals surface area contributed by atoms with Crippen LogP contribution in [-0.2, 0) is 14.3 Å². The van der Waals surface area contributed by atoms with Crippen molar-refractivity contribution in [3.8, 4) is 11.9 Å². The molecule has 0 heterocycles.